The van der Waals surface area contributed by atoms with E-state index in [1.165, 1.54) is 0 Å². The van der Waals surface area contributed by atoms with Gasteiger partial charge in [-0.3, -0.25) is 4.79 Å². The highest BCUT2D eigenvalue weighted by atomic mass is 35.5. The van der Waals surface area contributed by atoms with E-state index < -0.39 is 0 Å². The van der Waals surface area contributed by atoms with Crippen LogP contribution in [0.3, 0.4) is 0 Å². The molecule has 0 heterocycles. The zero-order valence-electron chi connectivity index (χ0n) is 11.8. The molecule has 5 heteroatoms. The van der Waals surface area contributed by atoms with E-state index in [2.05, 4.69) is 10.6 Å². The lowest BCUT2D eigenvalue weighted by atomic mass is 10.2. The number of benzene rings is 2. The summed E-state index contributed by atoms with van der Waals surface area (Å²) < 4.78 is 0. The highest BCUT2D eigenvalue weighted by Gasteiger charge is 2.07. The molecule has 21 heavy (non-hydrogen) atoms. The molecule has 0 fully saturated rings. The Kier molecular flexibility index (Phi) is 5.10. The van der Waals surface area contributed by atoms with Crippen molar-refractivity contribution in [3.05, 3.63) is 57.6 Å². The second kappa shape index (κ2) is 6.83. The van der Waals surface area contributed by atoms with Crippen LogP contribution in [0.1, 0.15) is 11.1 Å². The largest absolute Gasteiger partial charge is 0.375 e. The van der Waals surface area contributed by atoms with E-state index in [1.54, 1.807) is 12.1 Å². The summed E-state index contributed by atoms with van der Waals surface area (Å²) in [6.07, 6.45) is 0. The average molecular weight is 323 g/mol. The second-order valence-corrected chi connectivity index (χ2v) is 5.61. The van der Waals surface area contributed by atoms with Gasteiger partial charge in [-0.25, -0.2) is 0 Å². The maximum absolute atomic E-state index is 12.0. The van der Waals surface area contributed by atoms with Crippen LogP contribution in [0, 0.1) is 13.8 Å². The molecular weight excluding hydrogens is 307 g/mol. The summed E-state index contributed by atoms with van der Waals surface area (Å²) in [5.41, 5.74) is 3.37. The number of anilines is 2. The van der Waals surface area contributed by atoms with Crippen molar-refractivity contribution in [1.29, 1.82) is 0 Å². The number of rotatable bonds is 4. The molecule has 0 saturated carbocycles. The number of hydrogen-bond acceptors (Lipinski definition) is 2. The highest BCUT2D eigenvalue weighted by molar-refractivity contribution is 6.33. The van der Waals surface area contributed by atoms with Gasteiger partial charge >= 0.3 is 0 Å². The van der Waals surface area contributed by atoms with Crippen LogP contribution >= 0.6 is 23.2 Å². The van der Waals surface area contributed by atoms with E-state index in [-0.39, 0.29) is 12.5 Å². The first-order chi connectivity index (χ1) is 9.97. The summed E-state index contributed by atoms with van der Waals surface area (Å²) in [5.74, 6) is -0.156. The monoisotopic (exact) mass is 322 g/mol. The fourth-order valence-corrected chi connectivity index (χ4v) is 2.35. The van der Waals surface area contributed by atoms with Gasteiger partial charge in [-0.15, -0.1) is 0 Å². The summed E-state index contributed by atoms with van der Waals surface area (Å²) >= 11 is 12.1. The third-order valence-electron chi connectivity index (χ3n) is 3.11. The molecule has 3 nitrogen and oxygen atoms in total. The minimum atomic E-state index is -0.156. The van der Waals surface area contributed by atoms with Crippen LogP contribution in [0.5, 0.6) is 0 Å². The predicted molar refractivity (Wildman–Crippen MR) is 89.5 cm³/mol. The van der Waals surface area contributed by atoms with Crippen LogP contribution in [0.4, 0.5) is 11.4 Å². The third-order valence-corrected chi connectivity index (χ3v) is 3.83. The van der Waals surface area contributed by atoms with Crippen molar-refractivity contribution in [1.82, 2.24) is 0 Å². The van der Waals surface area contributed by atoms with Gasteiger partial charge in [0.15, 0.2) is 0 Å². The Bertz CT molecular complexity index is 671. The van der Waals surface area contributed by atoms with Gasteiger partial charge in [-0.2, -0.15) is 0 Å². The summed E-state index contributed by atoms with van der Waals surface area (Å²) in [5, 5.41) is 7.07. The lowest BCUT2D eigenvalue weighted by Crippen LogP contribution is -2.22. The van der Waals surface area contributed by atoms with E-state index >= 15 is 0 Å². The molecular formula is C16H16Cl2N2O. The van der Waals surface area contributed by atoms with Crippen molar-refractivity contribution < 1.29 is 4.79 Å². The Morgan fingerprint density at radius 2 is 1.81 bits per heavy atom. The lowest BCUT2D eigenvalue weighted by molar-refractivity contribution is -0.114. The van der Waals surface area contributed by atoms with Gasteiger partial charge in [0, 0.05) is 10.7 Å². The average Bonchev–Trinajstić information content (AvgIpc) is 2.43. The van der Waals surface area contributed by atoms with Gasteiger partial charge < -0.3 is 10.6 Å². The van der Waals surface area contributed by atoms with Crippen molar-refractivity contribution in [3.63, 3.8) is 0 Å². The Morgan fingerprint density at radius 1 is 1.05 bits per heavy atom. The van der Waals surface area contributed by atoms with E-state index in [4.69, 9.17) is 23.2 Å². The number of nitrogens with one attached hydrogen (secondary N) is 2. The van der Waals surface area contributed by atoms with E-state index in [0.29, 0.717) is 15.7 Å². The van der Waals surface area contributed by atoms with Crippen LogP contribution in [0.15, 0.2) is 36.4 Å². The summed E-state index contributed by atoms with van der Waals surface area (Å²) in [4.78, 5) is 12.0. The molecule has 2 N–H and O–H groups in total. The highest BCUT2D eigenvalue weighted by Crippen LogP contribution is 2.24. The minimum Gasteiger partial charge on any atom is -0.375 e. The van der Waals surface area contributed by atoms with E-state index in [9.17, 15) is 4.79 Å². The first-order valence-electron chi connectivity index (χ1n) is 6.52. The third kappa shape index (κ3) is 4.13. The Hall–Kier alpha value is -1.71. The van der Waals surface area contributed by atoms with E-state index in [1.807, 2.05) is 38.1 Å². The summed E-state index contributed by atoms with van der Waals surface area (Å²) in [6.45, 7) is 3.96. The lowest BCUT2D eigenvalue weighted by Gasteiger charge is -2.11. The second-order valence-electron chi connectivity index (χ2n) is 4.80. The Morgan fingerprint density at radius 3 is 2.52 bits per heavy atom. The molecule has 0 bridgehead atoms. The molecule has 0 aliphatic rings. The number of hydrogen-bond donors (Lipinski definition) is 2. The van der Waals surface area contributed by atoms with Gasteiger partial charge in [0.05, 0.1) is 17.3 Å². The standard InChI is InChI=1S/C16H16Cl2N2O/c1-10-6-7-15(13(18)8-10)19-9-16(21)20-14-5-3-4-12(17)11(14)2/h3-8,19H,9H2,1-2H3,(H,20,21). The molecule has 0 aliphatic carbocycles. The van der Waals surface area contributed by atoms with Gasteiger partial charge in [-0.05, 0) is 49.2 Å². The van der Waals surface area contributed by atoms with Crippen LogP contribution in [0.25, 0.3) is 0 Å². The van der Waals surface area contributed by atoms with Gasteiger partial charge in [0.2, 0.25) is 5.91 Å². The van der Waals surface area contributed by atoms with Crippen molar-refractivity contribution in [3.8, 4) is 0 Å². The van der Waals surface area contributed by atoms with Gasteiger partial charge in [0.1, 0.15) is 0 Å². The Balaban J connectivity index is 1.97. The molecule has 1 amide bonds. The number of carbonyl (C=O) groups is 1. The molecule has 2 aromatic rings. The topological polar surface area (TPSA) is 41.1 Å². The zero-order chi connectivity index (χ0) is 15.4. The van der Waals surface area contributed by atoms with Gasteiger partial charge in [0.25, 0.3) is 0 Å². The van der Waals surface area contributed by atoms with Crippen LogP contribution < -0.4 is 10.6 Å². The predicted octanol–water partition coefficient (Wildman–Crippen LogP) is 4.66. The van der Waals surface area contributed by atoms with E-state index in [0.717, 1.165) is 16.8 Å². The zero-order valence-corrected chi connectivity index (χ0v) is 13.3. The van der Waals surface area contributed by atoms with Crippen molar-refractivity contribution in [2.75, 3.05) is 17.2 Å². The first kappa shape index (κ1) is 15.7. The number of carbonyl (C=O) groups excluding carboxylic acids is 1. The normalized spacial score (nSPS) is 10.3. The fraction of sp³-hybridized carbons (Fsp3) is 0.188. The number of amides is 1. The van der Waals surface area contributed by atoms with Crippen LogP contribution in [0.2, 0.25) is 10.0 Å². The first-order valence-corrected chi connectivity index (χ1v) is 7.28. The molecule has 0 atom stereocenters. The molecule has 0 aromatic heterocycles. The number of aryl methyl sites for hydroxylation is 1. The summed E-state index contributed by atoms with van der Waals surface area (Å²) in [7, 11) is 0. The SMILES string of the molecule is Cc1ccc(NCC(=O)Nc2cccc(Cl)c2C)c(Cl)c1. The van der Waals surface area contributed by atoms with Crippen LogP contribution in [-0.2, 0) is 4.79 Å². The molecule has 0 saturated heterocycles. The molecule has 0 aliphatic heterocycles. The molecule has 2 rings (SSSR count). The minimum absolute atomic E-state index is 0.134. The maximum atomic E-state index is 12.0. The van der Waals surface area contributed by atoms with Crippen molar-refractivity contribution in [2.45, 2.75) is 13.8 Å². The van der Waals surface area contributed by atoms with Gasteiger partial charge in [-0.1, -0.05) is 35.3 Å². The molecule has 0 radical (unpaired) electrons. The molecule has 0 unspecified atom stereocenters. The smallest absolute Gasteiger partial charge is 0.243 e. The Labute approximate surface area is 134 Å². The summed E-state index contributed by atoms with van der Waals surface area (Å²) in [6, 6.07) is 11.1. The van der Waals surface area contributed by atoms with Crippen molar-refractivity contribution in [2.24, 2.45) is 0 Å². The molecule has 110 valence electrons. The fourth-order valence-electron chi connectivity index (χ4n) is 1.88. The van der Waals surface area contributed by atoms with Crippen molar-refractivity contribution >= 4 is 40.5 Å². The molecule has 2 aromatic carbocycles. The maximum Gasteiger partial charge on any atom is 0.243 e. The quantitative estimate of drug-likeness (QED) is 0.859. The number of halogens is 2. The molecule has 0 spiro atoms. The van der Waals surface area contributed by atoms with Crippen LogP contribution in [-0.4, -0.2) is 12.5 Å².